The predicted molar refractivity (Wildman–Crippen MR) is 77.6 cm³/mol. The summed E-state index contributed by atoms with van der Waals surface area (Å²) in [6.07, 6.45) is 3.50. The van der Waals surface area contributed by atoms with Gasteiger partial charge in [0.15, 0.2) is 0 Å². The zero-order chi connectivity index (χ0) is 14.6. The Balaban J connectivity index is 2.41. The van der Waals surface area contributed by atoms with Crippen LogP contribution >= 0.6 is 0 Å². The van der Waals surface area contributed by atoms with E-state index >= 15 is 0 Å². The molecule has 112 valence electrons. The Morgan fingerprint density at radius 2 is 2.00 bits per heavy atom. The van der Waals surface area contributed by atoms with E-state index in [1.807, 2.05) is 0 Å². The summed E-state index contributed by atoms with van der Waals surface area (Å²) in [7, 11) is -3.60. The molecule has 6 heteroatoms. The fourth-order valence-electron chi connectivity index (χ4n) is 2.70. The van der Waals surface area contributed by atoms with Crippen molar-refractivity contribution in [2.24, 2.45) is 5.73 Å². The van der Waals surface area contributed by atoms with Gasteiger partial charge in [0.2, 0.25) is 10.0 Å². The van der Waals surface area contributed by atoms with Crippen molar-refractivity contribution in [1.29, 1.82) is 0 Å². The molecule has 0 radical (unpaired) electrons. The van der Waals surface area contributed by atoms with E-state index in [9.17, 15) is 13.5 Å². The molecule has 1 heterocycles. The molecule has 0 aromatic heterocycles. The number of hydrogen-bond acceptors (Lipinski definition) is 4. The van der Waals surface area contributed by atoms with Crippen LogP contribution in [0.5, 0.6) is 0 Å². The van der Waals surface area contributed by atoms with E-state index in [-0.39, 0.29) is 24.1 Å². The van der Waals surface area contributed by atoms with E-state index in [1.165, 1.54) is 4.31 Å². The van der Waals surface area contributed by atoms with Crippen LogP contribution in [0.1, 0.15) is 31.2 Å². The van der Waals surface area contributed by atoms with Gasteiger partial charge in [-0.15, -0.1) is 0 Å². The SMILES string of the molecule is NCc1ccccc1S(=O)(=O)N1CCCCCC1CO. The first-order chi connectivity index (χ1) is 9.61. The van der Waals surface area contributed by atoms with Gasteiger partial charge in [-0.2, -0.15) is 4.31 Å². The molecule has 0 spiro atoms. The van der Waals surface area contributed by atoms with Crippen LogP contribution in [0.4, 0.5) is 0 Å². The molecule has 1 aromatic carbocycles. The number of rotatable bonds is 4. The van der Waals surface area contributed by atoms with Crippen LogP contribution in [0.3, 0.4) is 0 Å². The highest BCUT2D eigenvalue weighted by molar-refractivity contribution is 7.89. The van der Waals surface area contributed by atoms with E-state index in [0.717, 1.165) is 19.3 Å². The Bertz CT molecular complexity index is 545. The molecular weight excluding hydrogens is 276 g/mol. The van der Waals surface area contributed by atoms with Crippen LogP contribution in [0.25, 0.3) is 0 Å². The fourth-order valence-corrected chi connectivity index (χ4v) is 4.62. The first-order valence-corrected chi connectivity index (χ1v) is 8.46. The molecule has 0 aliphatic carbocycles. The molecule has 0 amide bonds. The summed E-state index contributed by atoms with van der Waals surface area (Å²) in [5.74, 6) is 0. The van der Waals surface area contributed by atoms with E-state index in [0.29, 0.717) is 18.5 Å². The average Bonchev–Trinajstić information content (AvgIpc) is 2.72. The molecule has 1 aliphatic heterocycles. The van der Waals surface area contributed by atoms with Crippen molar-refractivity contribution in [2.75, 3.05) is 13.2 Å². The van der Waals surface area contributed by atoms with Crippen molar-refractivity contribution in [3.8, 4) is 0 Å². The first-order valence-electron chi connectivity index (χ1n) is 7.02. The minimum Gasteiger partial charge on any atom is -0.395 e. The third kappa shape index (κ3) is 3.03. The van der Waals surface area contributed by atoms with Gasteiger partial charge in [0.05, 0.1) is 11.5 Å². The van der Waals surface area contributed by atoms with Gasteiger partial charge in [-0.3, -0.25) is 0 Å². The van der Waals surface area contributed by atoms with Gasteiger partial charge in [-0.1, -0.05) is 31.0 Å². The number of nitrogens with zero attached hydrogens (tertiary/aromatic N) is 1. The van der Waals surface area contributed by atoms with Gasteiger partial charge in [-0.05, 0) is 24.5 Å². The normalized spacial score (nSPS) is 21.6. The van der Waals surface area contributed by atoms with E-state index in [4.69, 9.17) is 5.73 Å². The minimum atomic E-state index is -3.60. The zero-order valence-corrected chi connectivity index (χ0v) is 12.3. The Kier molecular flexibility index (Phi) is 5.15. The number of benzene rings is 1. The Hall–Kier alpha value is -0.950. The highest BCUT2D eigenvalue weighted by Crippen LogP contribution is 2.26. The van der Waals surface area contributed by atoms with Crippen molar-refractivity contribution in [3.05, 3.63) is 29.8 Å². The lowest BCUT2D eigenvalue weighted by Gasteiger charge is -2.28. The summed E-state index contributed by atoms with van der Waals surface area (Å²) in [6.45, 7) is 0.517. The summed E-state index contributed by atoms with van der Waals surface area (Å²) in [4.78, 5) is 0.267. The quantitative estimate of drug-likeness (QED) is 0.871. The third-order valence-electron chi connectivity index (χ3n) is 3.81. The van der Waals surface area contributed by atoms with Gasteiger partial charge in [0.25, 0.3) is 0 Å². The predicted octanol–water partition coefficient (Wildman–Crippen LogP) is 1.07. The molecule has 0 bridgehead atoms. The molecular formula is C14H22N2O3S. The van der Waals surface area contributed by atoms with E-state index < -0.39 is 10.0 Å². The maximum absolute atomic E-state index is 12.8. The topological polar surface area (TPSA) is 83.6 Å². The third-order valence-corrected chi connectivity index (χ3v) is 5.87. The Morgan fingerprint density at radius 1 is 1.25 bits per heavy atom. The van der Waals surface area contributed by atoms with Crippen LogP contribution in [-0.2, 0) is 16.6 Å². The molecule has 1 aliphatic rings. The maximum Gasteiger partial charge on any atom is 0.243 e. The van der Waals surface area contributed by atoms with Crippen LogP contribution in [0, 0.1) is 0 Å². The van der Waals surface area contributed by atoms with Crippen LogP contribution in [0.15, 0.2) is 29.2 Å². The second kappa shape index (κ2) is 6.67. The number of aliphatic hydroxyl groups is 1. The summed E-state index contributed by atoms with van der Waals surface area (Å²) in [5, 5.41) is 9.49. The monoisotopic (exact) mass is 298 g/mol. The standard InChI is InChI=1S/C14H22N2O3S/c15-10-12-6-3-4-8-14(12)20(18,19)16-9-5-1-2-7-13(16)11-17/h3-4,6,8,13,17H,1-2,5,7,9-11,15H2. The summed E-state index contributed by atoms with van der Waals surface area (Å²) in [5.41, 5.74) is 6.26. The molecule has 1 fully saturated rings. The molecule has 1 aromatic rings. The minimum absolute atomic E-state index is 0.135. The van der Waals surface area contributed by atoms with Crippen molar-refractivity contribution in [3.63, 3.8) is 0 Å². The molecule has 0 saturated carbocycles. The van der Waals surface area contributed by atoms with Crippen molar-refractivity contribution < 1.29 is 13.5 Å². The smallest absolute Gasteiger partial charge is 0.243 e. The molecule has 20 heavy (non-hydrogen) atoms. The number of hydrogen-bond donors (Lipinski definition) is 2. The zero-order valence-electron chi connectivity index (χ0n) is 11.5. The first kappa shape index (κ1) is 15.4. The van der Waals surface area contributed by atoms with Crippen LogP contribution in [-0.4, -0.2) is 37.0 Å². The second-order valence-electron chi connectivity index (χ2n) is 5.11. The molecule has 3 N–H and O–H groups in total. The lowest BCUT2D eigenvalue weighted by molar-refractivity contribution is 0.186. The molecule has 5 nitrogen and oxygen atoms in total. The fraction of sp³-hybridized carbons (Fsp3) is 0.571. The summed E-state index contributed by atoms with van der Waals surface area (Å²) in [6, 6.07) is 6.49. The van der Waals surface area contributed by atoms with E-state index in [2.05, 4.69) is 0 Å². The molecule has 1 saturated heterocycles. The van der Waals surface area contributed by atoms with Gasteiger partial charge >= 0.3 is 0 Å². The molecule has 2 rings (SSSR count). The Morgan fingerprint density at radius 3 is 2.70 bits per heavy atom. The van der Waals surface area contributed by atoms with Crippen molar-refractivity contribution >= 4 is 10.0 Å². The summed E-state index contributed by atoms with van der Waals surface area (Å²) < 4.78 is 27.1. The van der Waals surface area contributed by atoms with Crippen LogP contribution in [0.2, 0.25) is 0 Å². The lowest BCUT2D eigenvalue weighted by atomic mass is 10.1. The average molecular weight is 298 g/mol. The van der Waals surface area contributed by atoms with Gasteiger partial charge < -0.3 is 10.8 Å². The van der Waals surface area contributed by atoms with Crippen LogP contribution < -0.4 is 5.73 Å². The number of nitrogens with two attached hydrogens (primary N) is 1. The van der Waals surface area contributed by atoms with Gasteiger partial charge in [0, 0.05) is 19.1 Å². The van der Waals surface area contributed by atoms with Crippen molar-refractivity contribution in [2.45, 2.75) is 43.2 Å². The van der Waals surface area contributed by atoms with E-state index in [1.54, 1.807) is 24.3 Å². The number of sulfonamides is 1. The van der Waals surface area contributed by atoms with Crippen molar-refractivity contribution in [1.82, 2.24) is 4.31 Å². The molecule has 1 unspecified atom stereocenters. The highest BCUT2D eigenvalue weighted by atomic mass is 32.2. The summed E-state index contributed by atoms with van der Waals surface area (Å²) >= 11 is 0. The molecule has 1 atom stereocenters. The highest BCUT2D eigenvalue weighted by Gasteiger charge is 2.33. The van der Waals surface area contributed by atoms with Gasteiger partial charge in [0.1, 0.15) is 0 Å². The Labute approximate surface area is 120 Å². The lowest BCUT2D eigenvalue weighted by Crippen LogP contribution is -2.42. The second-order valence-corrected chi connectivity index (χ2v) is 6.97. The van der Waals surface area contributed by atoms with Gasteiger partial charge in [-0.25, -0.2) is 8.42 Å². The maximum atomic E-state index is 12.8. The largest absolute Gasteiger partial charge is 0.395 e. The number of aliphatic hydroxyl groups excluding tert-OH is 1.